The van der Waals surface area contributed by atoms with Crippen LogP contribution in [0.2, 0.25) is 0 Å². The van der Waals surface area contributed by atoms with Crippen LogP contribution in [0.4, 0.5) is 0 Å². The lowest BCUT2D eigenvalue weighted by molar-refractivity contribution is -0.107. The van der Waals surface area contributed by atoms with E-state index in [0.29, 0.717) is 6.42 Å². The molecule has 0 heterocycles. The number of hydrogen-bond donors (Lipinski definition) is 0. The van der Waals surface area contributed by atoms with Crippen molar-refractivity contribution in [1.82, 2.24) is 0 Å². The Balaban J connectivity index is 2.98. The highest BCUT2D eigenvalue weighted by Crippen LogP contribution is 2.21. The second-order valence-electron chi connectivity index (χ2n) is 3.21. The summed E-state index contributed by atoms with van der Waals surface area (Å²) in [5.41, 5.74) is 3.83. The Bertz CT molecular complexity index is 318. The van der Waals surface area contributed by atoms with E-state index in [4.69, 9.17) is 0 Å². The molecule has 0 atom stereocenters. The van der Waals surface area contributed by atoms with Crippen LogP contribution in [-0.4, -0.2) is 6.29 Å². The van der Waals surface area contributed by atoms with E-state index >= 15 is 0 Å². The molecular weight excluding hydrogens is 228 g/mol. The van der Waals surface area contributed by atoms with Gasteiger partial charge < -0.3 is 4.79 Å². The molecule has 0 radical (unpaired) electrons. The molecule has 0 aromatic heterocycles. The number of halogens is 1. The number of aldehydes is 1. The molecule has 0 bridgehead atoms. The summed E-state index contributed by atoms with van der Waals surface area (Å²) in [5.74, 6) is 0. The molecule has 0 spiro atoms. The molecule has 0 unspecified atom stereocenters. The van der Waals surface area contributed by atoms with Crippen LogP contribution in [0.1, 0.15) is 23.1 Å². The van der Waals surface area contributed by atoms with E-state index in [2.05, 4.69) is 41.9 Å². The smallest absolute Gasteiger partial charge is 0.120 e. The van der Waals surface area contributed by atoms with Gasteiger partial charge in [-0.25, -0.2) is 0 Å². The fourth-order valence-electron chi connectivity index (χ4n) is 1.36. The molecule has 1 aromatic rings. The molecule has 0 fully saturated rings. The summed E-state index contributed by atoms with van der Waals surface area (Å²) in [6.45, 7) is 4.19. The summed E-state index contributed by atoms with van der Waals surface area (Å²) in [7, 11) is 0. The van der Waals surface area contributed by atoms with Gasteiger partial charge in [-0.2, -0.15) is 0 Å². The second kappa shape index (κ2) is 4.56. The van der Waals surface area contributed by atoms with Crippen molar-refractivity contribution in [1.29, 1.82) is 0 Å². The molecule has 0 saturated carbocycles. The lowest BCUT2D eigenvalue weighted by atomic mass is 10.0. The Morgan fingerprint density at radius 1 is 1.38 bits per heavy atom. The minimum absolute atomic E-state index is 0.608. The Labute approximate surface area is 87.3 Å². The van der Waals surface area contributed by atoms with Crippen LogP contribution in [0.5, 0.6) is 0 Å². The number of rotatable bonds is 3. The van der Waals surface area contributed by atoms with Gasteiger partial charge in [-0.15, -0.1) is 0 Å². The zero-order valence-corrected chi connectivity index (χ0v) is 9.52. The molecule has 0 amide bonds. The first-order valence-electron chi connectivity index (χ1n) is 4.34. The molecule has 13 heavy (non-hydrogen) atoms. The first-order valence-corrected chi connectivity index (χ1v) is 5.13. The normalized spacial score (nSPS) is 10.1. The Morgan fingerprint density at radius 2 is 2.08 bits per heavy atom. The van der Waals surface area contributed by atoms with E-state index < -0.39 is 0 Å². The third-order valence-corrected chi connectivity index (χ3v) is 2.73. The van der Waals surface area contributed by atoms with Gasteiger partial charge >= 0.3 is 0 Å². The summed E-state index contributed by atoms with van der Waals surface area (Å²) >= 11 is 3.45. The van der Waals surface area contributed by atoms with Crippen molar-refractivity contribution in [3.8, 4) is 0 Å². The number of hydrogen-bond acceptors (Lipinski definition) is 1. The van der Waals surface area contributed by atoms with Crippen molar-refractivity contribution >= 4 is 22.2 Å². The molecule has 0 aliphatic heterocycles. The van der Waals surface area contributed by atoms with E-state index in [1.165, 1.54) is 16.7 Å². The van der Waals surface area contributed by atoms with Gasteiger partial charge in [0, 0.05) is 10.9 Å². The quantitative estimate of drug-likeness (QED) is 0.742. The zero-order valence-electron chi connectivity index (χ0n) is 7.93. The average Bonchev–Trinajstić information content (AvgIpc) is 2.09. The van der Waals surface area contributed by atoms with E-state index in [0.717, 1.165) is 17.2 Å². The average molecular weight is 241 g/mol. The first-order chi connectivity index (χ1) is 6.15. The van der Waals surface area contributed by atoms with Gasteiger partial charge in [0.1, 0.15) is 6.29 Å². The highest BCUT2D eigenvalue weighted by molar-refractivity contribution is 9.10. The van der Waals surface area contributed by atoms with Gasteiger partial charge in [0.2, 0.25) is 0 Å². The van der Waals surface area contributed by atoms with Gasteiger partial charge in [-0.3, -0.25) is 0 Å². The predicted octanol–water partition coefficient (Wildman–Crippen LogP) is 3.20. The number of carbonyl (C=O) groups is 1. The summed E-state index contributed by atoms with van der Waals surface area (Å²) < 4.78 is 1.09. The van der Waals surface area contributed by atoms with Crippen LogP contribution in [0.15, 0.2) is 16.6 Å². The van der Waals surface area contributed by atoms with Crippen LogP contribution in [0.25, 0.3) is 0 Å². The molecule has 70 valence electrons. The summed E-state index contributed by atoms with van der Waals surface area (Å²) in [6.07, 6.45) is 2.42. The standard InChI is InChI=1S/C11H13BrO/c1-8-6-11(12)7-10(9(8)2)4-3-5-13/h5-7H,3-4H2,1-2H3. The fourth-order valence-corrected chi connectivity index (χ4v) is 1.98. The highest BCUT2D eigenvalue weighted by Gasteiger charge is 2.02. The number of aryl methyl sites for hydroxylation is 2. The van der Waals surface area contributed by atoms with Crippen molar-refractivity contribution in [2.45, 2.75) is 26.7 Å². The van der Waals surface area contributed by atoms with Crippen LogP contribution >= 0.6 is 15.9 Å². The maximum Gasteiger partial charge on any atom is 0.120 e. The van der Waals surface area contributed by atoms with Crippen LogP contribution in [0, 0.1) is 13.8 Å². The molecule has 1 nitrogen and oxygen atoms in total. The number of benzene rings is 1. The minimum atomic E-state index is 0.608. The Kier molecular flexibility index (Phi) is 3.67. The van der Waals surface area contributed by atoms with Crippen LogP contribution < -0.4 is 0 Å². The highest BCUT2D eigenvalue weighted by atomic mass is 79.9. The van der Waals surface area contributed by atoms with Crippen LogP contribution in [0.3, 0.4) is 0 Å². The summed E-state index contributed by atoms with van der Waals surface area (Å²) in [4.78, 5) is 10.2. The second-order valence-corrected chi connectivity index (χ2v) is 4.13. The molecule has 1 aromatic carbocycles. The topological polar surface area (TPSA) is 17.1 Å². The molecule has 2 heteroatoms. The zero-order chi connectivity index (χ0) is 9.84. The predicted molar refractivity (Wildman–Crippen MR) is 58.0 cm³/mol. The molecular formula is C11H13BrO. The van der Waals surface area contributed by atoms with Crippen molar-refractivity contribution < 1.29 is 4.79 Å². The van der Waals surface area contributed by atoms with Gasteiger partial charge in [-0.1, -0.05) is 15.9 Å². The van der Waals surface area contributed by atoms with E-state index in [1.807, 2.05) is 0 Å². The third kappa shape index (κ3) is 2.66. The third-order valence-electron chi connectivity index (χ3n) is 2.27. The molecule has 0 aliphatic carbocycles. The SMILES string of the molecule is Cc1cc(Br)cc(CCC=O)c1C. The van der Waals surface area contributed by atoms with Crippen molar-refractivity contribution in [2.24, 2.45) is 0 Å². The molecule has 1 rings (SSSR count). The minimum Gasteiger partial charge on any atom is -0.303 e. The molecule has 0 N–H and O–H groups in total. The molecule has 0 aliphatic rings. The summed E-state index contributed by atoms with van der Waals surface area (Å²) in [5, 5.41) is 0. The lowest BCUT2D eigenvalue weighted by Gasteiger charge is -2.07. The largest absolute Gasteiger partial charge is 0.303 e. The van der Waals surface area contributed by atoms with Crippen molar-refractivity contribution in [2.75, 3.05) is 0 Å². The fraction of sp³-hybridized carbons (Fsp3) is 0.364. The van der Waals surface area contributed by atoms with E-state index in [9.17, 15) is 4.79 Å². The molecule has 0 saturated heterocycles. The van der Waals surface area contributed by atoms with Crippen LogP contribution in [-0.2, 0) is 11.2 Å². The van der Waals surface area contributed by atoms with Gasteiger partial charge in [0.05, 0.1) is 0 Å². The first kappa shape index (κ1) is 10.5. The monoisotopic (exact) mass is 240 g/mol. The van der Waals surface area contributed by atoms with E-state index in [1.54, 1.807) is 0 Å². The maximum absolute atomic E-state index is 10.2. The van der Waals surface area contributed by atoms with Gasteiger partial charge in [0.25, 0.3) is 0 Å². The lowest BCUT2D eigenvalue weighted by Crippen LogP contribution is -1.93. The Hall–Kier alpha value is -0.630. The van der Waals surface area contributed by atoms with Gasteiger partial charge in [-0.05, 0) is 49.1 Å². The number of carbonyl (C=O) groups excluding carboxylic acids is 1. The van der Waals surface area contributed by atoms with Crippen molar-refractivity contribution in [3.05, 3.63) is 33.3 Å². The van der Waals surface area contributed by atoms with Gasteiger partial charge in [0.15, 0.2) is 0 Å². The summed E-state index contributed by atoms with van der Waals surface area (Å²) in [6, 6.07) is 4.19. The maximum atomic E-state index is 10.2. The van der Waals surface area contributed by atoms with E-state index in [-0.39, 0.29) is 0 Å². The van der Waals surface area contributed by atoms with Crippen molar-refractivity contribution in [3.63, 3.8) is 0 Å². The Morgan fingerprint density at radius 3 is 2.69 bits per heavy atom.